The standard InChI is InChI=1S/C16H28N2O3/c1-13(2)21-10-9-20-12-16(19)11-17-14-5-7-15(8-6-14)18(3)4/h5-8,13,16-17,19H,9-12H2,1-4H3. The molecule has 0 saturated carbocycles. The number of nitrogens with zero attached hydrogens (tertiary/aromatic N) is 1. The van der Waals surface area contributed by atoms with Crippen molar-refractivity contribution in [3.05, 3.63) is 24.3 Å². The van der Waals surface area contributed by atoms with Crippen molar-refractivity contribution in [1.82, 2.24) is 0 Å². The molecule has 1 aromatic rings. The lowest BCUT2D eigenvalue weighted by molar-refractivity contribution is -0.00734. The van der Waals surface area contributed by atoms with Gasteiger partial charge in [0.2, 0.25) is 0 Å². The van der Waals surface area contributed by atoms with E-state index in [1.165, 1.54) is 0 Å². The van der Waals surface area contributed by atoms with E-state index >= 15 is 0 Å². The molecular weight excluding hydrogens is 268 g/mol. The second-order valence-corrected chi connectivity index (χ2v) is 5.47. The highest BCUT2D eigenvalue weighted by molar-refractivity contribution is 5.54. The van der Waals surface area contributed by atoms with E-state index in [0.29, 0.717) is 26.4 Å². The summed E-state index contributed by atoms with van der Waals surface area (Å²) in [5.41, 5.74) is 2.14. The van der Waals surface area contributed by atoms with Crippen molar-refractivity contribution < 1.29 is 14.6 Å². The number of hydrogen-bond donors (Lipinski definition) is 2. The zero-order valence-electron chi connectivity index (χ0n) is 13.5. The molecule has 0 radical (unpaired) electrons. The summed E-state index contributed by atoms with van der Waals surface area (Å²) in [7, 11) is 4.01. The minimum Gasteiger partial charge on any atom is -0.389 e. The Balaban J connectivity index is 2.16. The summed E-state index contributed by atoms with van der Waals surface area (Å²) in [6.45, 7) is 5.81. The Labute approximate surface area is 127 Å². The van der Waals surface area contributed by atoms with Gasteiger partial charge in [-0.15, -0.1) is 0 Å². The highest BCUT2D eigenvalue weighted by atomic mass is 16.5. The van der Waals surface area contributed by atoms with E-state index < -0.39 is 6.10 Å². The molecule has 0 heterocycles. The summed E-state index contributed by atoms with van der Waals surface area (Å²) >= 11 is 0. The lowest BCUT2D eigenvalue weighted by Gasteiger charge is -2.15. The lowest BCUT2D eigenvalue weighted by atomic mass is 10.2. The van der Waals surface area contributed by atoms with Gasteiger partial charge in [-0.25, -0.2) is 0 Å². The molecule has 2 N–H and O–H groups in total. The van der Waals surface area contributed by atoms with Crippen molar-refractivity contribution in [2.75, 3.05) is 50.7 Å². The van der Waals surface area contributed by atoms with Crippen LogP contribution in [0.5, 0.6) is 0 Å². The molecule has 120 valence electrons. The van der Waals surface area contributed by atoms with Crippen LogP contribution in [-0.4, -0.2) is 57.8 Å². The maximum absolute atomic E-state index is 9.83. The van der Waals surface area contributed by atoms with Crippen LogP contribution in [-0.2, 0) is 9.47 Å². The minimum absolute atomic E-state index is 0.213. The Bertz CT molecular complexity index is 380. The van der Waals surface area contributed by atoms with Crippen LogP contribution in [0.4, 0.5) is 11.4 Å². The third kappa shape index (κ3) is 7.90. The van der Waals surface area contributed by atoms with Gasteiger partial charge in [0.25, 0.3) is 0 Å². The van der Waals surface area contributed by atoms with E-state index in [4.69, 9.17) is 9.47 Å². The average molecular weight is 296 g/mol. The topological polar surface area (TPSA) is 54.0 Å². The van der Waals surface area contributed by atoms with Gasteiger partial charge in [0.1, 0.15) is 0 Å². The number of ether oxygens (including phenoxy) is 2. The molecule has 1 rings (SSSR count). The normalized spacial score (nSPS) is 12.5. The van der Waals surface area contributed by atoms with Crippen molar-refractivity contribution in [3.8, 4) is 0 Å². The Hall–Kier alpha value is -1.30. The first kappa shape index (κ1) is 17.8. The third-order valence-corrected chi connectivity index (χ3v) is 2.91. The Kier molecular flexibility index (Phi) is 8.12. The molecule has 1 aromatic carbocycles. The first-order chi connectivity index (χ1) is 9.99. The monoisotopic (exact) mass is 296 g/mol. The maximum atomic E-state index is 9.83. The molecule has 0 spiro atoms. The van der Waals surface area contributed by atoms with Gasteiger partial charge in [0.15, 0.2) is 0 Å². The molecule has 5 nitrogen and oxygen atoms in total. The number of aliphatic hydroxyl groups excluding tert-OH is 1. The molecule has 1 unspecified atom stereocenters. The van der Waals surface area contributed by atoms with Crippen molar-refractivity contribution in [2.45, 2.75) is 26.1 Å². The average Bonchev–Trinajstić information content (AvgIpc) is 2.44. The lowest BCUT2D eigenvalue weighted by Crippen LogP contribution is -2.25. The molecule has 21 heavy (non-hydrogen) atoms. The van der Waals surface area contributed by atoms with Crippen LogP contribution in [0.3, 0.4) is 0 Å². The zero-order chi connectivity index (χ0) is 15.7. The van der Waals surface area contributed by atoms with Gasteiger partial charge in [0.05, 0.1) is 32.0 Å². The van der Waals surface area contributed by atoms with Crippen molar-refractivity contribution in [3.63, 3.8) is 0 Å². The van der Waals surface area contributed by atoms with Crippen LogP contribution in [0.25, 0.3) is 0 Å². The summed E-state index contributed by atoms with van der Waals surface area (Å²) < 4.78 is 10.7. The molecule has 0 aromatic heterocycles. The van der Waals surface area contributed by atoms with E-state index in [0.717, 1.165) is 11.4 Å². The fraction of sp³-hybridized carbons (Fsp3) is 0.625. The summed E-state index contributed by atoms with van der Waals surface area (Å²) in [6.07, 6.45) is -0.317. The number of hydrogen-bond acceptors (Lipinski definition) is 5. The van der Waals surface area contributed by atoms with E-state index in [-0.39, 0.29) is 6.10 Å². The van der Waals surface area contributed by atoms with Gasteiger partial charge >= 0.3 is 0 Å². The fourth-order valence-electron chi connectivity index (χ4n) is 1.73. The molecule has 0 aliphatic heterocycles. The van der Waals surface area contributed by atoms with Crippen LogP contribution in [0, 0.1) is 0 Å². The van der Waals surface area contributed by atoms with E-state index in [2.05, 4.69) is 5.32 Å². The molecule has 1 atom stereocenters. The number of nitrogens with one attached hydrogen (secondary N) is 1. The minimum atomic E-state index is -0.530. The summed E-state index contributed by atoms with van der Waals surface area (Å²) in [4.78, 5) is 2.05. The number of benzene rings is 1. The zero-order valence-corrected chi connectivity index (χ0v) is 13.5. The molecule has 0 bridgehead atoms. The quantitative estimate of drug-likeness (QED) is 0.647. The van der Waals surface area contributed by atoms with E-state index in [9.17, 15) is 5.11 Å². The predicted molar refractivity (Wildman–Crippen MR) is 87.2 cm³/mol. The van der Waals surface area contributed by atoms with Crippen molar-refractivity contribution in [1.29, 1.82) is 0 Å². The third-order valence-electron chi connectivity index (χ3n) is 2.91. The SMILES string of the molecule is CC(C)OCCOCC(O)CNc1ccc(N(C)C)cc1. The van der Waals surface area contributed by atoms with Gasteiger partial charge in [-0.05, 0) is 38.1 Å². The first-order valence-electron chi connectivity index (χ1n) is 7.37. The molecule has 0 amide bonds. The maximum Gasteiger partial charge on any atom is 0.0945 e. The molecular formula is C16H28N2O3. The summed E-state index contributed by atoms with van der Waals surface area (Å²) in [5.74, 6) is 0. The van der Waals surface area contributed by atoms with Crippen LogP contribution >= 0.6 is 0 Å². The van der Waals surface area contributed by atoms with Crippen LogP contribution in [0.1, 0.15) is 13.8 Å². The molecule has 5 heteroatoms. The highest BCUT2D eigenvalue weighted by Gasteiger charge is 2.04. The summed E-state index contributed by atoms with van der Waals surface area (Å²) in [5, 5.41) is 13.0. The van der Waals surface area contributed by atoms with E-state index in [1.807, 2.05) is 57.1 Å². The number of rotatable bonds is 10. The second-order valence-electron chi connectivity index (χ2n) is 5.47. The largest absolute Gasteiger partial charge is 0.389 e. The van der Waals surface area contributed by atoms with Crippen LogP contribution in [0.2, 0.25) is 0 Å². The van der Waals surface area contributed by atoms with Crippen molar-refractivity contribution >= 4 is 11.4 Å². The van der Waals surface area contributed by atoms with Crippen LogP contribution in [0.15, 0.2) is 24.3 Å². The Morgan fingerprint density at radius 3 is 2.38 bits per heavy atom. The number of aliphatic hydroxyl groups is 1. The Morgan fingerprint density at radius 1 is 1.14 bits per heavy atom. The number of anilines is 2. The van der Waals surface area contributed by atoms with Gasteiger partial charge in [0, 0.05) is 32.0 Å². The van der Waals surface area contributed by atoms with Gasteiger partial charge in [-0.2, -0.15) is 0 Å². The van der Waals surface area contributed by atoms with Gasteiger partial charge < -0.3 is 24.8 Å². The molecule has 0 fully saturated rings. The van der Waals surface area contributed by atoms with Crippen LogP contribution < -0.4 is 10.2 Å². The van der Waals surface area contributed by atoms with Gasteiger partial charge in [-0.1, -0.05) is 0 Å². The Morgan fingerprint density at radius 2 is 1.81 bits per heavy atom. The second kappa shape index (κ2) is 9.60. The predicted octanol–water partition coefficient (Wildman–Crippen LogP) is 1.97. The fourth-order valence-corrected chi connectivity index (χ4v) is 1.73. The van der Waals surface area contributed by atoms with Gasteiger partial charge in [-0.3, -0.25) is 0 Å². The van der Waals surface area contributed by atoms with Crippen molar-refractivity contribution in [2.24, 2.45) is 0 Å². The molecule has 0 saturated heterocycles. The highest BCUT2D eigenvalue weighted by Crippen LogP contribution is 2.15. The first-order valence-corrected chi connectivity index (χ1v) is 7.37. The smallest absolute Gasteiger partial charge is 0.0945 e. The molecule has 0 aliphatic rings. The molecule has 0 aliphatic carbocycles. The van der Waals surface area contributed by atoms with E-state index in [1.54, 1.807) is 0 Å². The summed E-state index contributed by atoms with van der Waals surface area (Å²) in [6, 6.07) is 8.07.